The monoisotopic (exact) mass is 1700 g/mol. The zero-order chi connectivity index (χ0) is 94.6. The first-order valence-electron chi connectivity index (χ1n) is 43.1. The molecule has 0 saturated heterocycles. The summed E-state index contributed by atoms with van der Waals surface area (Å²) in [5, 5.41) is 47.8. The van der Waals surface area contributed by atoms with E-state index in [2.05, 4.69) is 311 Å². The van der Waals surface area contributed by atoms with E-state index in [0.717, 1.165) is 102 Å². The minimum Gasteiger partial charge on any atom is -0.353 e. The lowest BCUT2D eigenvalue weighted by Crippen LogP contribution is -2.36. The SMILES string of the molecule is [C-]#[N+]c1ccc(C#N)c2c1N(c1c(C)c(C)c(C)c(C)c1C)[C@@H](C)N2C.[C-]#[N+]c1ccc(C#N)c2c1N(c1c(C)c(C)cc(C)c1C)[C@@H](C)N2C.[C-]#[N+]c1ccc(C#N)c2c1N(c1c(C)cc(C)c(C)c1C)[C@@H](C)N2C.[C-]#[N+]c1ccc(C#N)c2c1N(c1cc(-c3ccccc3)ccc1C)[C@@H](C)N2C.[C-]#[N+]c1ccc(C#N)c2c1N(c1cc(C)c(C)c(C)c1C)[C@@H](C)N2C. The van der Waals surface area contributed by atoms with Crippen LogP contribution < -0.4 is 49.0 Å². The molecule has 0 saturated carbocycles. The largest absolute Gasteiger partial charge is 0.353 e. The standard InChI is InChI=1S/C24H20N4.C22H24N4.3C21H22N4/c1-16-10-11-19(18-8-6-5-7-9-18)14-22(16)28-17(2)27(4)23-20(15-25)12-13-21(26-3)24(23)28;1-12-13(2)15(4)20(16(5)14(12)3)26-17(6)25(8)21-18(11-23)9-10-19(24-7)22(21)26;1-12-10-19(15(4)14(3)13(12)2)25-16(5)24(7)20-17(11-22)8-9-18(23-6)21(20)25;1-12-10-13(2)19(15(4)14(12)3)25-16(5)24(7)20-17(11-22)8-9-18(23-6)21(20)25;1-12-10-13(2)15(4)19(14(12)3)25-16(5)24(7)20-17(11-22)8-9-18(23-6)21(20)25/h5-14,17H,1-2,4H3;9-10,17H,1-6,8H3;3*8-10,16H,1-5,7H3/t2*17-;3*16-/m00000/s1. The van der Waals surface area contributed by atoms with Gasteiger partial charge in [-0.1, -0.05) is 115 Å². The Labute approximate surface area is 763 Å². The third kappa shape index (κ3) is 15.4. The van der Waals surface area contributed by atoms with Gasteiger partial charge in [0, 0.05) is 63.7 Å². The summed E-state index contributed by atoms with van der Waals surface area (Å²) >= 11 is 0. The van der Waals surface area contributed by atoms with Crippen molar-refractivity contribution in [1.29, 1.82) is 26.3 Å². The molecule has 0 bridgehead atoms. The highest BCUT2D eigenvalue weighted by Gasteiger charge is 2.43. The fourth-order valence-corrected chi connectivity index (χ4v) is 19.2. The average Bonchev–Trinajstić information content (AvgIpc) is 1.63. The molecule has 0 unspecified atom stereocenters. The van der Waals surface area contributed by atoms with Gasteiger partial charge in [-0.15, -0.1) is 0 Å². The molecule has 0 N–H and O–H groups in total. The Hall–Kier alpha value is -15.7. The van der Waals surface area contributed by atoms with Crippen molar-refractivity contribution >= 4 is 114 Å². The molecule has 0 aromatic heterocycles. The topological polar surface area (TPSA) is 173 Å². The number of hydrogen-bond donors (Lipinski definition) is 0. The van der Waals surface area contributed by atoms with E-state index in [0.29, 0.717) is 56.3 Å². The molecule has 646 valence electrons. The zero-order valence-electron chi connectivity index (χ0n) is 79.5. The van der Waals surface area contributed by atoms with Gasteiger partial charge in [0.2, 0.25) is 28.4 Å². The van der Waals surface area contributed by atoms with Crippen molar-refractivity contribution in [1.82, 2.24) is 0 Å². The molecule has 11 aromatic rings. The van der Waals surface area contributed by atoms with Gasteiger partial charge in [0.05, 0.1) is 118 Å². The molecule has 20 nitrogen and oxygen atoms in total. The van der Waals surface area contributed by atoms with Crippen molar-refractivity contribution in [3.05, 3.63) is 312 Å². The lowest BCUT2D eigenvalue weighted by Gasteiger charge is -2.33. The van der Waals surface area contributed by atoms with Crippen LogP contribution in [0.15, 0.2) is 127 Å². The van der Waals surface area contributed by atoms with Crippen LogP contribution in [0.4, 0.5) is 114 Å². The Kier molecular flexibility index (Phi) is 26.2. The molecule has 5 aliphatic heterocycles. The number of benzene rings is 11. The summed E-state index contributed by atoms with van der Waals surface area (Å²) in [6.45, 7) is 87.1. The second kappa shape index (κ2) is 36.5. The number of nitriles is 5. The van der Waals surface area contributed by atoms with Gasteiger partial charge in [0.15, 0.2) is 0 Å². The molecule has 11 aromatic carbocycles. The van der Waals surface area contributed by atoms with Crippen LogP contribution in [0.1, 0.15) is 163 Å². The Morgan fingerprint density at radius 3 is 0.829 bits per heavy atom. The van der Waals surface area contributed by atoms with E-state index in [1.54, 1.807) is 60.7 Å². The van der Waals surface area contributed by atoms with Crippen LogP contribution in [-0.4, -0.2) is 66.1 Å². The molecule has 0 aliphatic carbocycles. The van der Waals surface area contributed by atoms with Gasteiger partial charge < -0.3 is 49.0 Å². The fraction of sp³-hybridized carbons (Fsp3) is 0.303. The van der Waals surface area contributed by atoms with E-state index in [4.69, 9.17) is 32.9 Å². The van der Waals surface area contributed by atoms with E-state index in [9.17, 15) is 26.3 Å². The molecule has 129 heavy (non-hydrogen) atoms. The fourth-order valence-electron chi connectivity index (χ4n) is 19.2. The third-order valence-electron chi connectivity index (χ3n) is 28.1. The van der Waals surface area contributed by atoms with E-state index in [-0.39, 0.29) is 30.8 Å². The van der Waals surface area contributed by atoms with Gasteiger partial charge in [-0.3, -0.25) is 0 Å². The molecule has 5 aliphatic rings. The van der Waals surface area contributed by atoms with Gasteiger partial charge >= 0.3 is 0 Å². The summed E-state index contributed by atoms with van der Waals surface area (Å²) in [4.78, 5) is 40.3. The summed E-state index contributed by atoms with van der Waals surface area (Å²) in [6.07, 6.45) is 0.118. The second-order valence-electron chi connectivity index (χ2n) is 34.5. The van der Waals surface area contributed by atoms with Crippen molar-refractivity contribution in [3.63, 3.8) is 0 Å². The summed E-state index contributed by atoms with van der Waals surface area (Å²) in [5.74, 6) is 0. The van der Waals surface area contributed by atoms with Crippen LogP contribution in [0, 0.1) is 214 Å². The van der Waals surface area contributed by atoms with Crippen LogP contribution in [0.5, 0.6) is 0 Å². The van der Waals surface area contributed by atoms with Crippen LogP contribution in [0.25, 0.3) is 35.4 Å². The Morgan fingerprint density at radius 2 is 0.488 bits per heavy atom. The summed E-state index contributed by atoms with van der Waals surface area (Å²) in [6, 6.07) is 52.3. The summed E-state index contributed by atoms with van der Waals surface area (Å²) in [5.41, 5.74) is 44.6. The second-order valence-corrected chi connectivity index (χ2v) is 34.5. The highest BCUT2D eigenvalue weighted by atomic mass is 15.4. The lowest BCUT2D eigenvalue weighted by molar-refractivity contribution is 0.730. The first-order chi connectivity index (χ1) is 61.3. The van der Waals surface area contributed by atoms with Crippen LogP contribution in [0.3, 0.4) is 0 Å². The maximum absolute atomic E-state index is 9.60. The lowest BCUT2D eigenvalue weighted by atomic mass is 9.92. The molecular weight excluding hydrogens is 1590 g/mol. The molecule has 5 atom stereocenters. The first kappa shape index (κ1) is 92.5. The van der Waals surface area contributed by atoms with Crippen molar-refractivity contribution < 1.29 is 0 Å². The van der Waals surface area contributed by atoms with E-state index < -0.39 is 0 Å². The number of hydrogen-bond acceptors (Lipinski definition) is 15. The van der Waals surface area contributed by atoms with E-state index >= 15 is 0 Å². The van der Waals surface area contributed by atoms with Crippen molar-refractivity contribution in [2.24, 2.45) is 0 Å². The van der Waals surface area contributed by atoms with Gasteiger partial charge in [0.25, 0.3) is 0 Å². The smallest absolute Gasteiger partial charge is 0.212 e. The summed E-state index contributed by atoms with van der Waals surface area (Å²) in [7, 11) is 9.95. The molecule has 5 heterocycles. The Morgan fingerprint density at radius 1 is 0.225 bits per heavy atom. The van der Waals surface area contributed by atoms with Gasteiger partial charge in [0.1, 0.15) is 61.2 Å². The Bertz CT molecular complexity index is 6880. The maximum atomic E-state index is 9.60. The van der Waals surface area contributed by atoms with Gasteiger partial charge in [-0.2, -0.15) is 26.3 Å². The van der Waals surface area contributed by atoms with E-state index in [1.807, 2.05) is 53.4 Å². The summed E-state index contributed by atoms with van der Waals surface area (Å²) < 4.78 is 0. The first-order valence-corrected chi connectivity index (χ1v) is 43.1. The minimum atomic E-state index is -0.00489. The number of rotatable bonds is 6. The highest BCUT2D eigenvalue weighted by Crippen LogP contribution is 2.59. The van der Waals surface area contributed by atoms with Gasteiger partial charge in [-0.05, 0) is 283 Å². The molecular formula is C109H110N20. The molecule has 20 heteroatoms. The minimum absolute atomic E-state index is 0.00489. The highest BCUT2D eigenvalue weighted by molar-refractivity contribution is 6.02. The normalized spacial score (nSPS) is 15.6. The van der Waals surface area contributed by atoms with Crippen molar-refractivity contribution in [2.45, 2.75) is 190 Å². The molecule has 0 amide bonds. The van der Waals surface area contributed by atoms with Crippen LogP contribution in [-0.2, 0) is 0 Å². The molecule has 0 spiro atoms. The predicted octanol–water partition coefficient (Wildman–Crippen LogP) is 27.4. The van der Waals surface area contributed by atoms with Crippen LogP contribution in [0.2, 0.25) is 0 Å². The number of fused-ring (bicyclic) bond motifs is 5. The Balaban J connectivity index is 0.000000146. The van der Waals surface area contributed by atoms with Crippen molar-refractivity contribution in [2.75, 3.05) is 84.2 Å². The maximum Gasteiger partial charge on any atom is 0.212 e. The third-order valence-corrected chi connectivity index (χ3v) is 28.1. The molecule has 0 radical (unpaired) electrons. The number of anilines is 15. The van der Waals surface area contributed by atoms with Crippen LogP contribution >= 0.6 is 0 Å². The quantitative estimate of drug-likeness (QED) is 0.144. The van der Waals surface area contributed by atoms with Gasteiger partial charge in [-0.25, -0.2) is 24.2 Å². The number of aryl methyl sites for hydroxylation is 6. The van der Waals surface area contributed by atoms with E-state index in [1.165, 1.54) is 94.6 Å². The number of nitrogens with zero attached hydrogens (tertiary/aromatic N) is 20. The molecule has 0 fully saturated rings. The average molecular weight is 1700 g/mol. The molecule has 16 rings (SSSR count). The predicted molar refractivity (Wildman–Crippen MR) is 530 cm³/mol. The van der Waals surface area contributed by atoms with Crippen molar-refractivity contribution in [3.8, 4) is 41.5 Å². The zero-order valence-corrected chi connectivity index (χ0v) is 79.5.